The maximum absolute atomic E-state index is 12.9. The normalized spacial score (nSPS) is 14.2. The molecule has 0 heterocycles. The quantitative estimate of drug-likeness (QED) is 0.0243. The highest BCUT2D eigenvalue weighted by Crippen LogP contribution is 2.43. The summed E-state index contributed by atoms with van der Waals surface area (Å²) < 4.78 is 23.7. The van der Waals surface area contributed by atoms with E-state index in [1.54, 1.807) is 6.08 Å². The number of rotatable bonds is 49. The van der Waals surface area contributed by atoms with E-state index in [9.17, 15) is 19.4 Å². The number of quaternary nitrogens is 1. The lowest BCUT2D eigenvalue weighted by Crippen LogP contribution is -2.45. The lowest BCUT2D eigenvalue weighted by molar-refractivity contribution is -0.870. The maximum atomic E-state index is 12.9. The molecule has 0 saturated heterocycles. The predicted octanol–water partition coefficient (Wildman–Crippen LogP) is 15.6. The van der Waals surface area contributed by atoms with Crippen molar-refractivity contribution >= 4 is 13.7 Å². The molecule has 0 radical (unpaired) electrons. The number of unbranched alkanes of at least 4 members (excludes halogenated alkanes) is 34. The summed E-state index contributed by atoms with van der Waals surface area (Å²) in [5, 5.41) is 13.9. The molecule has 3 atom stereocenters. The van der Waals surface area contributed by atoms with Gasteiger partial charge in [-0.05, 0) is 44.9 Å². The molecular weight excluding hydrogens is 792 g/mol. The minimum Gasteiger partial charge on any atom is -0.387 e. The highest BCUT2D eigenvalue weighted by Gasteiger charge is 2.27. The Hall–Kier alpha value is -1.02. The number of aliphatic hydroxyl groups excluding tert-OH is 1. The third-order valence-electron chi connectivity index (χ3n) is 12.2. The molecule has 9 heteroatoms. The van der Waals surface area contributed by atoms with Gasteiger partial charge in [0.25, 0.3) is 0 Å². The maximum Gasteiger partial charge on any atom is 0.472 e. The summed E-state index contributed by atoms with van der Waals surface area (Å²) in [6, 6.07) is -0.846. The fraction of sp³-hybridized carbons (Fsp3) is 0.906. The second kappa shape index (κ2) is 45.1. The molecule has 0 fully saturated rings. The summed E-state index contributed by atoms with van der Waals surface area (Å²) in [5.74, 6) is -0.180. The number of carbonyl (C=O) groups is 1. The van der Waals surface area contributed by atoms with E-state index >= 15 is 0 Å². The van der Waals surface area contributed by atoms with Crippen LogP contribution in [0.15, 0.2) is 24.3 Å². The zero-order valence-corrected chi connectivity index (χ0v) is 42.8. The Balaban J connectivity index is 4.22. The number of amides is 1. The number of allylic oxidation sites excluding steroid dienone is 3. The minimum atomic E-state index is -4.34. The molecule has 62 heavy (non-hydrogen) atoms. The summed E-state index contributed by atoms with van der Waals surface area (Å²) in [6.07, 6.45) is 55.5. The molecule has 0 aliphatic carbocycles. The molecule has 0 rings (SSSR count). The van der Waals surface area contributed by atoms with E-state index < -0.39 is 20.0 Å². The summed E-state index contributed by atoms with van der Waals surface area (Å²) in [6.45, 7) is 4.83. The zero-order valence-electron chi connectivity index (χ0n) is 41.9. The van der Waals surface area contributed by atoms with Gasteiger partial charge in [0, 0.05) is 6.42 Å². The Morgan fingerprint density at radius 3 is 1.26 bits per heavy atom. The molecule has 0 aromatic heterocycles. The van der Waals surface area contributed by atoms with Crippen molar-refractivity contribution in [3.63, 3.8) is 0 Å². The summed E-state index contributed by atoms with van der Waals surface area (Å²) in [7, 11) is 1.58. The van der Waals surface area contributed by atoms with Crippen LogP contribution in [0.25, 0.3) is 0 Å². The molecular formula is C53H106N2O6P+. The summed E-state index contributed by atoms with van der Waals surface area (Å²) in [5.41, 5.74) is 0. The van der Waals surface area contributed by atoms with Gasteiger partial charge in [-0.1, -0.05) is 231 Å². The van der Waals surface area contributed by atoms with E-state index in [2.05, 4.69) is 31.3 Å². The Kier molecular flexibility index (Phi) is 44.4. The van der Waals surface area contributed by atoms with Gasteiger partial charge in [-0.15, -0.1) is 0 Å². The van der Waals surface area contributed by atoms with Gasteiger partial charge in [0.1, 0.15) is 13.2 Å². The standard InChI is InChI=1S/C53H105N2O6P/c1-6-8-10-12-14-16-18-20-22-23-24-25-26-27-28-29-30-31-33-34-36-38-40-42-44-46-52(56)51(50-61-62(58,59)60-49-48-55(3,4)5)54-53(57)47-45-43-41-39-37-35-32-21-19-17-15-13-11-9-7-2/h17,19,44,46,51-52,56H,6-16,18,20-43,45,47-50H2,1-5H3,(H-,54,57,58,59)/p+1/b19-17-,46-44+. The minimum absolute atomic E-state index is 0.0621. The third kappa shape index (κ3) is 47.0. The van der Waals surface area contributed by atoms with Gasteiger partial charge in [-0.3, -0.25) is 13.8 Å². The lowest BCUT2D eigenvalue weighted by Gasteiger charge is -2.25. The van der Waals surface area contributed by atoms with E-state index in [4.69, 9.17) is 9.05 Å². The third-order valence-corrected chi connectivity index (χ3v) is 13.1. The van der Waals surface area contributed by atoms with Crippen LogP contribution in [-0.2, 0) is 18.4 Å². The molecule has 0 aromatic rings. The van der Waals surface area contributed by atoms with Crippen molar-refractivity contribution < 1.29 is 32.9 Å². The second-order valence-corrected chi connectivity index (χ2v) is 21.1. The number of carbonyl (C=O) groups excluding carboxylic acids is 1. The second-order valence-electron chi connectivity index (χ2n) is 19.6. The van der Waals surface area contributed by atoms with Crippen molar-refractivity contribution in [2.24, 2.45) is 0 Å². The average Bonchev–Trinajstić information content (AvgIpc) is 3.23. The van der Waals surface area contributed by atoms with Crippen molar-refractivity contribution in [3.8, 4) is 0 Å². The molecule has 0 spiro atoms. The van der Waals surface area contributed by atoms with Crippen LogP contribution >= 0.6 is 7.82 Å². The first-order valence-electron chi connectivity index (χ1n) is 26.7. The van der Waals surface area contributed by atoms with E-state index in [-0.39, 0.29) is 19.1 Å². The predicted molar refractivity (Wildman–Crippen MR) is 268 cm³/mol. The highest BCUT2D eigenvalue weighted by molar-refractivity contribution is 7.47. The number of likely N-dealkylation sites (N-methyl/N-ethyl adjacent to an activating group) is 1. The molecule has 368 valence electrons. The van der Waals surface area contributed by atoms with Crippen molar-refractivity contribution in [1.29, 1.82) is 0 Å². The van der Waals surface area contributed by atoms with Crippen molar-refractivity contribution in [2.75, 3.05) is 40.9 Å². The molecule has 8 nitrogen and oxygen atoms in total. The van der Waals surface area contributed by atoms with E-state index in [0.717, 1.165) is 38.5 Å². The molecule has 3 N–H and O–H groups in total. The largest absolute Gasteiger partial charge is 0.472 e. The monoisotopic (exact) mass is 898 g/mol. The topological polar surface area (TPSA) is 105 Å². The Morgan fingerprint density at radius 2 is 0.871 bits per heavy atom. The Labute approximate surface area is 385 Å². The van der Waals surface area contributed by atoms with Crippen molar-refractivity contribution in [1.82, 2.24) is 5.32 Å². The van der Waals surface area contributed by atoms with Gasteiger partial charge >= 0.3 is 7.82 Å². The molecule has 0 bridgehead atoms. The van der Waals surface area contributed by atoms with Crippen LogP contribution in [0.5, 0.6) is 0 Å². The first-order chi connectivity index (χ1) is 30.0. The van der Waals surface area contributed by atoms with Gasteiger partial charge < -0.3 is 19.8 Å². The van der Waals surface area contributed by atoms with Crippen LogP contribution in [0.1, 0.15) is 258 Å². The average molecular weight is 898 g/mol. The Bertz CT molecular complexity index is 1060. The molecule has 0 saturated carbocycles. The summed E-state index contributed by atoms with van der Waals surface area (Å²) in [4.78, 5) is 23.2. The SMILES string of the molecule is CCCCCC/C=C\CCCCCCCCCC(=O)NC(COP(=O)(O)OCC[N+](C)(C)C)C(O)/C=C/CCCCCCCCCCCCCCCCCCCCCCCCC. The van der Waals surface area contributed by atoms with Crippen LogP contribution < -0.4 is 5.32 Å². The number of aliphatic hydroxyl groups is 1. The van der Waals surface area contributed by atoms with Crippen LogP contribution in [-0.4, -0.2) is 73.4 Å². The number of nitrogens with zero attached hydrogens (tertiary/aromatic N) is 1. The number of hydrogen-bond donors (Lipinski definition) is 3. The smallest absolute Gasteiger partial charge is 0.387 e. The van der Waals surface area contributed by atoms with E-state index in [0.29, 0.717) is 17.4 Å². The Morgan fingerprint density at radius 1 is 0.532 bits per heavy atom. The van der Waals surface area contributed by atoms with Gasteiger partial charge in [0.2, 0.25) is 5.91 Å². The first-order valence-corrected chi connectivity index (χ1v) is 28.2. The number of phosphoric ester groups is 1. The van der Waals surface area contributed by atoms with Crippen LogP contribution in [0.2, 0.25) is 0 Å². The van der Waals surface area contributed by atoms with E-state index in [1.165, 1.54) is 199 Å². The van der Waals surface area contributed by atoms with Crippen molar-refractivity contribution in [2.45, 2.75) is 270 Å². The summed E-state index contributed by atoms with van der Waals surface area (Å²) >= 11 is 0. The number of phosphoric acid groups is 1. The van der Waals surface area contributed by atoms with Crippen LogP contribution in [0, 0.1) is 0 Å². The fourth-order valence-corrected chi connectivity index (χ4v) is 8.66. The molecule has 0 aliphatic heterocycles. The molecule has 0 aliphatic rings. The number of nitrogens with one attached hydrogen (secondary N) is 1. The van der Waals surface area contributed by atoms with E-state index in [1.807, 2.05) is 27.2 Å². The van der Waals surface area contributed by atoms with Gasteiger partial charge in [-0.2, -0.15) is 0 Å². The van der Waals surface area contributed by atoms with Gasteiger partial charge in [-0.25, -0.2) is 4.57 Å². The first kappa shape index (κ1) is 61.0. The number of hydrogen-bond acceptors (Lipinski definition) is 5. The molecule has 1 amide bonds. The highest BCUT2D eigenvalue weighted by atomic mass is 31.2. The molecule has 3 unspecified atom stereocenters. The fourth-order valence-electron chi connectivity index (χ4n) is 7.92. The van der Waals surface area contributed by atoms with Crippen LogP contribution in [0.4, 0.5) is 0 Å². The zero-order chi connectivity index (χ0) is 45.7. The van der Waals surface area contributed by atoms with Gasteiger partial charge in [0.05, 0.1) is 39.9 Å². The van der Waals surface area contributed by atoms with Crippen LogP contribution in [0.3, 0.4) is 0 Å². The van der Waals surface area contributed by atoms with Gasteiger partial charge in [0.15, 0.2) is 0 Å². The molecule has 0 aromatic carbocycles. The van der Waals surface area contributed by atoms with Crippen molar-refractivity contribution in [3.05, 3.63) is 24.3 Å². The lowest BCUT2D eigenvalue weighted by atomic mass is 10.0.